The molecule has 2 aromatic carbocycles. The second kappa shape index (κ2) is 11.5. The molecule has 3 N–H and O–H groups in total. The van der Waals surface area contributed by atoms with E-state index in [2.05, 4.69) is 15.4 Å². The van der Waals surface area contributed by atoms with E-state index in [-0.39, 0.29) is 47.6 Å². The average Bonchev–Trinajstić information content (AvgIpc) is 3.42. The zero-order chi connectivity index (χ0) is 31.1. The van der Waals surface area contributed by atoms with Crippen molar-refractivity contribution in [2.75, 3.05) is 7.05 Å². The van der Waals surface area contributed by atoms with Gasteiger partial charge in [0.05, 0.1) is 23.0 Å². The van der Waals surface area contributed by atoms with Crippen molar-refractivity contribution in [2.24, 2.45) is 5.73 Å². The molecule has 1 atom stereocenters. The lowest BCUT2D eigenvalue weighted by molar-refractivity contribution is -0.145. The van der Waals surface area contributed by atoms with Crippen molar-refractivity contribution < 1.29 is 35.9 Å². The summed E-state index contributed by atoms with van der Waals surface area (Å²) in [5.74, 6) is -4.52. The summed E-state index contributed by atoms with van der Waals surface area (Å²) in [6.07, 6.45) is -3.63. The van der Waals surface area contributed by atoms with Gasteiger partial charge in [-0.1, -0.05) is 12.1 Å². The summed E-state index contributed by atoms with van der Waals surface area (Å²) in [5, 5.41) is 6.66. The molecule has 5 rings (SSSR count). The zero-order valence-corrected chi connectivity index (χ0v) is 22.6. The van der Waals surface area contributed by atoms with Crippen LogP contribution in [0.5, 0.6) is 0 Å². The molecule has 8 nitrogen and oxygen atoms in total. The summed E-state index contributed by atoms with van der Waals surface area (Å²) >= 11 is 0. The maximum atomic E-state index is 14.2. The largest absolute Gasteiger partial charge is 0.433 e. The predicted molar refractivity (Wildman–Crippen MR) is 141 cm³/mol. The maximum Gasteiger partial charge on any atom is 0.433 e. The van der Waals surface area contributed by atoms with Crippen LogP contribution in [0.4, 0.5) is 26.3 Å². The van der Waals surface area contributed by atoms with Gasteiger partial charge in [-0.3, -0.25) is 24.2 Å². The lowest BCUT2D eigenvalue weighted by atomic mass is 9.94. The van der Waals surface area contributed by atoms with Crippen LogP contribution >= 0.6 is 0 Å². The molecule has 1 aliphatic rings. The number of nitrogens with one attached hydrogen (secondary N) is 1. The van der Waals surface area contributed by atoms with E-state index < -0.39 is 59.3 Å². The molecule has 0 aliphatic carbocycles. The Kier molecular flexibility index (Phi) is 7.97. The first kappa shape index (κ1) is 29.8. The van der Waals surface area contributed by atoms with Crippen LogP contribution in [0.1, 0.15) is 44.6 Å². The first-order chi connectivity index (χ1) is 20.3. The average molecular weight is 603 g/mol. The van der Waals surface area contributed by atoms with Gasteiger partial charge >= 0.3 is 6.18 Å². The molecule has 2 aromatic heterocycles. The van der Waals surface area contributed by atoms with Crippen molar-refractivity contribution in [3.8, 4) is 11.1 Å². The summed E-state index contributed by atoms with van der Waals surface area (Å²) in [4.78, 5) is 31.1. The van der Waals surface area contributed by atoms with Crippen LogP contribution in [0.3, 0.4) is 0 Å². The van der Waals surface area contributed by atoms with Gasteiger partial charge in [0.25, 0.3) is 5.91 Å². The van der Waals surface area contributed by atoms with E-state index in [1.165, 1.54) is 24.4 Å². The van der Waals surface area contributed by atoms with Crippen molar-refractivity contribution in [2.45, 2.75) is 38.3 Å². The molecule has 1 aliphatic heterocycles. The van der Waals surface area contributed by atoms with E-state index in [9.17, 15) is 35.9 Å². The number of halogens is 6. The fourth-order valence-corrected chi connectivity index (χ4v) is 5.23. The normalized spacial score (nSPS) is 14.0. The number of alkyl halides is 3. The van der Waals surface area contributed by atoms with Crippen molar-refractivity contribution >= 4 is 11.8 Å². The Labute approximate surface area is 241 Å². The fraction of sp³-hybridized carbons (Fsp3) is 0.241. The minimum absolute atomic E-state index is 0.0110. The minimum atomic E-state index is -4.78. The predicted octanol–water partition coefficient (Wildman–Crippen LogP) is 4.53. The van der Waals surface area contributed by atoms with Gasteiger partial charge in [0, 0.05) is 36.5 Å². The van der Waals surface area contributed by atoms with Gasteiger partial charge in [-0.2, -0.15) is 18.3 Å². The van der Waals surface area contributed by atoms with E-state index in [1.807, 2.05) is 0 Å². The molecule has 43 heavy (non-hydrogen) atoms. The monoisotopic (exact) mass is 602 g/mol. The van der Waals surface area contributed by atoms with E-state index >= 15 is 0 Å². The third kappa shape index (κ3) is 6.38. The Bertz CT molecular complexity index is 1700. The number of carbonyl (C=O) groups excluding carboxylic acids is 2. The minimum Gasteiger partial charge on any atom is -0.366 e. The van der Waals surface area contributed by atoms with Crippen molar-refractivity contribution in [1.82, 2.24) is 25.0 Å². The Morgan fingerprint density at radius 2 is 1.77 bits per heavy atom. The molecule has 0 fully saturated rings. The number of nitrogens with two attached hydrogens (primary N) is 1. The number of nitrogens with zero attached hydrogens (tertiary/aromatic N) is 4. The van der Waals surface area contributed by atoms with E-state index in [1.54, 1.807) is 18.0 Å². The number of amides is 2. The number of aromatic nitrogens is 3. The molecule has 0 saturated heterocycles. The third-order valence-electron chi connectivity index (χ3n) is 6.95. The van der Waals surface area contributed by atoms with Gasteiger partial charge in [0.1, 0.15) is 29.7 Å². The number of carbonyl (C=O) groups is 2. The summed E-state index contributed by atoms with van der Waals surface area (Å²) in [6, 6.07) is 8.28. The summed E-state index contributed by atoms with van der Waals surface area (Å²) in [6.45, 7) is -0.602. The molecule has 0 spiro atoms. The summed E-state index contributed by atoms with van der Waals surface area (Å²) in [5.41, 5.74) is 4.91. The van der Waals surface area contributed by atoms with Gasteiger partial charge < -0.3 is 11.1 Å². The van der Waals surface area contributed by atoms with Crippen LogP contribution < -0.4 is 11.1 Å². The SMILES string of the molecule is CN1Cc2nn(CC(=O)NC(Cc3cc(F)cc(F)c3)c3ncccc3-c3ccc(F)c(C(N)=O)c3)c(C(F)(F)F)c2C1. The molecule has 0 radical (unpaired) electrons. The second-order valence-corrected chi connectivity index (χ2v) is 10.2. The molecule has 2 amide bonds. The number of pyridine rings is 1. The highest BCUT2D eigenvalue weighted by atomic mass is 19.4. The number of hydrogen-bond donors (Lipinski definition) is 2. The van der Waals surface area contributed by atoms with Gasteiger partial charge in [0.2, 0.25) is 5.91 Å². The van der Waals surface area contributed by atoms with Crippen molar-refractivity contribution in [3.05, 3.63) is 106 Å². The molecule has 3 heterocycles. The van der Waals surface area contributed by atoms with E-state index in [0.29, 0.717) is 16.3 Å². The van der Waals surface area contributed by atoms with Crippen LogP contribution in [0.2, 0.25) is 0 Å². The standard InChI is InChI=1S/C29H24F6N6O2/c1-40-12-21-24(13-40)39-41(27(21)29(33,34)35)14-25(42)38-23(9-15-7-17(30)11-18(31)8-15)26-19(3-2-6-37-26)16-4-5-22(32)20(10-16)28(36)43/h2-8,10-11,23H,9,12-14H2,1H3,(H2,36,43)(H,38,42). The molecule has 1 unspecified atom stereocenters. The van der Waals surface area contributed by atoms with Crippen LogP contribution in [0.15, 0.2) is 54.7 Å². The Balaban J connectivity index is 1.53. The van der Waals surface area contributed by atoms with E-state index in [0.717, 1.165) is 18.2 Å². The highest BCUT2D eigenvalue weighted by molar-refractivity contribution is 5.94. The number of benzene rings is 2. The first-order valence-corrected chi connectivity index (χ1v) is 12.9. The molecular weight excluding hydrogens is 578 g/mol. The Hall–Kier alpha value is -4.72. The molecule has 4 aromatic rings. The van der Waals surface area contributed by atoms with Crippen LogP contribution in [-0.2, 0) is 37.0 Å². The highest BCUT2D eigenvalue weighted by Crippen LogP contribution is 2.37. The topological polar surface area (TPSA) is 106 Å². The first-order valence-electron chi connectivity index (χ1n) is 12.9. The van der Waals surface area contributed by atoms with Gasteiger partial charge in [-0.25, -0.2) is 13.2 Å². The second-order valence-electron chi connectivity index (χ2n) is 10.2. The maximum absolute atomic E-state index is 14.2. The molecule has 0 bridgehead atoms. The highest BCUT2D eigenvalue weighted by Gasteiger charge is 2.42. The van der Waals surface area contributed by atoms with Crippen LogP contribution in [-0.4, -0.2) is 38.5 Å². The number of fused-ring (bicyclic) bond motifs is 1. The summed E-state index contributed by atoms with van der Waals surface area (Å²) in [7, 11) is 1.65. The third-order valence-corrected chi connectivity index (χ3v) is 6.95. The van der Waals surface area contributed by atoms with Gasteiger partial charge in [-0.05, 0) is 54.9 Å². The molecule has 224 valence electrons. The van der Waals surface area contributed by atoms with Gasteiger partial charge in [0.15, 0.2) is 0 Å². The molecule has 14 heteroatoms. The van der Waals surface area contributed by atoms with Crippen LogP contribution in [0.25, 0.3) is 11.1 Å². The number of primary amides is 1. The van der Waals surface area contributed by atoms with Crippen molar-refractivity contribution in [3.63, 3.8) is 0 Å². The van der Waals surface area contributed by atoms with Crippen molar-refractivity contribution in [1.29, 1.82) is 0 Å². The molecular formula is C29H24F6N6O2. The summed E-state index contributed by atoms with van der Waals surface area (Å²) < 4.78 is 84.9. The molecule has 0 saturated carbocycles. The Morgan fingerprint density at radius 3 is 2.44 bits per heavy atom. The Morgan fingerprint density at radius 1 is 1.05 bits per heavy atom. The van der Waals surface area contributed by atoms with Gasteiger partial charge in [-0.15, -0.1) is 0 Å². The van der Waals surface area contributed by atoms with E-state index in [4.69, 9.17) is 5.73 Å². The lowest BCUT2D eigenvalue weighted by Gasteiger charge is -2.22. The fourth-order valence-electron chi connectivity index (χ4n) is 5.23. The number of hydrogen-bond acceptors (Lipinski definition) is 5. The quantitative estimate of drug-likeness (QED) is 0.289. The van der Waals surface area contributed by atoms with Crippen LogP contribution in [0, 0.1) is 17.5 Å². The number of rotatable bonds is 8. The lowest BCUT2D eigenvalue weighted by Crippen LogP contribution is -2.35. The smallest absolute Gasteiger partial charge is 0.366 e. The zero-order valence-electron chi connectivity index (χ0n) is 22.6.